The van der Waals surface area contributed by atoms with Crippen molar-refractivity contribution in [3.8, 4) is 0 Å². The lowest BCUT2D eigenvalue weighted by Gasteiger charge is -2.25. The Morgan fingerprint density at radius 3 is 2.83 bits per heavy atom. The van der Waals surface area contributed by atoms with Crippen molar-refractivity contribution >= 4 is 17.5 Å². The van der Waals surface area contributed by atoms with E-state index in [1.54, 1.807) is 6.20 Å². The summed E-state index contributed by atoms with van der Waals surface area (Å²) >= 11 is 6.24. The number of aromatic nitrogens is 1. The summed E-state index contributed by atoms with van der Waals surface area (Å²) in [7, 11) is 0. The number of carbonyl (C=O) groups is 1. The van der Waals surface area contributed by atoms with Crippen LogP contribution in [0.15, 0.2) is 48.7 Å². The molecular formula is C19H22ClN3O. The molecule has 3 rings (SSSR count). The predicted molar refractivity (Wildman–Crippen MR) is 95.6 cm³/mol. The molecule has 0 aliphatic carbocycles. The van der Waals surface area contributed by atoms with Gasteiger partial charge in [-0.3, -0.25) is 9.78 Å². The molecule has 1 atom stereocenters. The number of benzene rings is 1. The standard InChI is InChI=1S/C19H22ClN3O/c20-18-7-2-1-5-15(18)14-23-17(8-9-19(23)24)10-12-21-13-16-6-3-4-11-22-16/h1-7,11,17,21H,8-10,12-14H2. The number of likely N-dealkylation sites (tertiary alicyclic amines) is 1. The first kappa shape index (κ1) is 16.9. The van der Waals surface area contributed by atoms with Gasteiger partial charge in [-0.05, 0) is 43.1 Å². The first-order valence-corrected chi connectivity index (χ1v) is 8.75. The zero-order valence-corrected chi connectivity index (χ0v) is 14.4. The number of hydrogen-bond donors (Lipinski definition) is 1. The molecule has 2 heterocycles. The van der Waals surface area contributed by atoms with Gasteiger partial charge in [-0.25, -0.2) is 0 Å². The fraction of sp³-hybridized carbons (Fsp3) is 0.368. The predicted octanol–water partition coefficient (Wildman–Crippen LogP) is 3.41. The molecule has 24 heavy (non-hydrogen) atoms. The molecule has 5 heteroatoms. The monoisotopic (exact) mass is 343 g/mol. The third kappa shape index (κ3) is 4.34. The van der Waals surface area contributed by atoms with E-state index >= 15 is 0 Å². The van der Waals surface area contributed by atoms with Gasteiger partial charge < -0.3 is 10.2 Å². The number of amides is 1. The molecule has 1 fully saturated rings. The van der Waals surface area contributed by atoms with E-state index < -0.39 is 0 Å². The van der Waals surface area contributed by atoms with E-state index in [1.165, 1.54) is 0 Å². The number of hydrogen-bond acceptors (Lipinski definition) is 3. The Labute approximate surface area is 147 Å². The molecule has 0 bridgehead atoms. The Morgan fingerprint density at radius 2 is 2.04 bits per heavy atom. The van der Waals surface area contributed by atoms with Gasteiger partial charge in [0.15, 0.2) is 0 Å². The van der Waals surface area contributed by atoms with Gasteiger partial charge in [0.1, 0.15) is 0 Å². The first-order chi connectivity index (χ1) is 11.7. The fourth-order valence-electron chi connectivity index (χ4n) is 3.11. The van der Waals surface area contributed by atoms with Gasteiger partial charge >= 0.3 is 0 Å². The maximum atomic E-state index is 12.2. The molecule has 0 spiro atoms. The molecule has 0 radical (unpaired) electrons. The van der Waals surface area contributed by atoms with Crippen LogP contribution in [0.2, 0.25) is 5.02 Å². The summed E-state index contributed by atoms with van der Waals surface area (Å²) in [6.45, 7) is 2.23. The van der Waals surface area contributed by atoms with Gasteiger partial charge in [0.2, 0.25) is 5.91 Å². The van der Waals surface area contributed by atoms with Gasteiger partial charge in [0.05, 0.1) is 5.69 Å². The Bertz CT molecular complexity index is 677. The van der Waals surface area contributed by atoms with Crippen molar-refractivity contribution in [2.75, 3.05) is 6.54 Å². The van der Waals surface area contributed by atoms with Gasteiger partial charge in [-0.15, -0.1) is 0 Å². The molecule has 1 aromatic carbocycles. The first-order valence-electron chi connectivity index (χ1n) is 8.37. The summed E-state index contributed by atoms with van der Waals surface area (Å²) in [6.07, 6.45) is 4.31. The highest BCUT2D eigenvalue weighted by molar-refractivity contribution is 6.31. The van der Waals surface area contributed by atoms with Crippen LogP contribution in [0, 0.1) is 0 Å². The molecule has 4 nitrogen and oxygen atoms in total. The topological polar surface area (TPSA) is 45.2 Å². The van der Waals surface area contributed by atoms with Gasteiger partial charge in [0.25, 0.3) is 0 Å². The lowest BCUT2D eigenvalue weighted by Crippen LogP contribution is -2.34. The number of nitrogens with one attached hydrogen (secondary N) is 1. The lowest BCUT2D eigenvalue weighted by molar-refractivity contribution is -0.129. The van der Waals surface area contributed by atoms with Crippen LogP contribution >= 0.6 is 11.6 Å². The number of rotatable bonds is 7. The number of carbonyl (C=O) groups excluding carboxylic acids is 1. The minimum absolute atomic E-state index is 0.227. The van der Waals surface area contributed by atoms with Crippen LogP contribution in [0.5, 0.6) is 0 Å². The van der Waals surface area contributed by atoms with Crippen molar-refractivity contribution in [3.63, 3.8) is 0 Å². The molecule has 1 aliphatic rings. The summed E-state index contributed by atoms with van der Waals surface area (Å²) < 4.78 is 0. The molecule has 1 saturated heterocycles. The highest BCUT2D eigenvalue weighted by Crippen LogP contribution is 2.26. The van der Waals surface area contributed by atoms with Crippen LogP contribution in [0.1, 0.15) is 30.5 Å². The third-order valence-corrected chi connectivity index (χ3v) is 4.81. The molecular weight excluding hydrogens is 322 g/mol. The Morgan fingerprint density at radius 1 is 1.21 bits per heavy atom. The number of pyridine rings is 1. The molecule has 1 aliphatic heterocycles. The van der Waals surface area contributed by atoms with E-state index in [0.29, 0.717) is 13.0 Å². The average Bonchev–Trinajstić information content (AvgIpc) is 2.95. The van der Waals surface area contributed by atoms with E-state index in [2.05, 4.69) is 10.3 Å². The second kappa shape index (κ2) is 8.27. The second-order valence-electron chi connectivity index (χ2n) is 6.09. The van der Waals surface area contributed by atoms with E-state index in [9.17, 15) is 4.79 Å². The van der Waals surface area contributed by atoms with E-state index in [-0.39, 0.29) is 11.9 Å². The normalized spacial score (nSPS) is 17.5. The van der Waals surface area contributed by atoms with Crippen LogP contribution < -0.4 is 5.32 Å². The zero-order valence-electron chi connectivity index (χ0n) is 13.6. The van der Waals surface area contributed by atoms with Crippen molar-refractivity contribution in [2.45, 2.75) is 38.4 Å². The summed E-state index contributed by atoms with van der Waals surface area (Å²) in [4.78, 5) is 18.5. The van der Waals surface area contributed by atoms with E-state index in [1.807, 2.05) is 47.4 Å². The fourth-order valence-corrected chi connectivity index (χ4v) is 3.30. The van der Waals surface area contributed by atoms with Crippen LogP contribution in [-0.4, -0.2) is 28.4 Å². The summed E-state index contributed by atoms with van der Waals surface area (Å²) in [5.74, 6) is 0.227. The van der Waals surface area contributed by atoms with Crippen molar-refractivity contribution in [3.05, 3.63) is 64.9 Å². The van der Waals surface area contributed by atoms with Gasteiger partial charge in [-0.1, -0.05) is 35.9 Å². The molecule has 1 N–H and O–H groups in total. The summed E-state index contributed by atoms with van der Waals surface area (Å²) in [5.41, 5.74) is 2.05. The van der Waals surface area contributed by atoms with Crippen LogP contribution in [0.25, 0.3) is 0 Å². The van der Waals surface area contributed by atoms with Crippen molar-refractivity contribution < 1.29 is 4.79 Å². The van der Waals surface area contributed by atoms with E-state index in [4.69, 9.17) is 11.6 Å². The van der Waals surface area contributed by atoms with Gasteiger partial charge in [-0.2, -0.15) is 0 Å². The minimum Gasteiger partial charge on any atom is -0.335 e. The SMILES string of the molecule is O=C1CCC(CCNCc2ccccn2)N1Cc1ccccc1Cl. The van der Waals surface area contributed by atoms with Crippen molar-refractivity contribution in [2.24, 2.45) is 0 Å². The van der Waals surface area contributed by atoms with Crippen LogP contribution in [-0.2, 0) is 17.9 Å². The van der Waals surface area contributed by atoms with Crippen LogP contribution in [0.3, 0.4) is 0 Å². The highest BCUT2D eigenvalue weighted by Gasteiger charge is 2.30. The number of nitrogens with zero attached hydrogens (tertiary/aromatic N) is 2. The summed E-state index contributed by atoms with van der Waals surface area (Å²) in [6, 6.07) is 13.9. The summed E-state index contributed by atoms with van der Waals surface area (Å²) in [5, 5.41) is 4.14. The van der Waals surface area contributed by atoms with Crippen molar-refractivity contribution in [1.82, 2.24) is 15.2 Å². The quantitative estimate of drug-likeness (QED) is 0.784. The van der Waals surface area contributed by atoms with Crippen LogP contribution in [0.4, 0.5) is 0 Å². The smallest absolute Gasteiger partial charge is 0.223 e. The molecule has 1 aromatic heterocycles. The Kier molecular flexibility index (Phi) is 5.83. The zero-order chi connectivity index (χ0) is 16.8. The lowest BCUT2D eigenvalue weighted by atomic mass is 10.1. The minimum atomic E-state index is 0.227. The molecule has 2 aromatic rings. The molecule has 1 amide bonds. The molecule has 0 saturated carbocycles. The number of halogens is 1. The highest BCUT2D eigenvalue weighted by atomic mass is 35.5. The molecule has 1 unspecified atom stereocenters. The third-order valence-electron chi connectivity index (χ3n) is 4.44. The Hall–Kier alpha value is -1.91. The molecule has 126 valence electrons. The van der Waals surface area contributed by atoms with Crippen molar-refractivity contribution in [1.29, 1.82) is 0 Å². The average molecular weight is 344 g/mol. The maximum Gasteiger partial charge on any atom is 0.223 e. The maximum absolute atomic E-state index is 12.2. The van der Waals surface area contributed by atoms with Gasteiger partial charge in [0, 0.05) is 36.8 Å². The Balaban J connectivity index is 1.51. The largest absolute Gasteiger partial charge is 0.335 e. The van der Waals surface area contributed by atoms with E-state index in [0.717, 1.165) is 42.2 Å². The second-order valence-corrected chi connectivity index (χ2v) is 6.50.